The van der Waals surface area contributed by atoms with Gasteiger partial charge >= 0.3 is 0 Å². The molecule has 3 aromatic carbocycles. The molecule has 1 amide bonds. The van der Waals surface area contributed by atoms with E-state index >= 15 is 0 Å². The lowest BCUT2D eigenvalue weighted by molar-refractivity contribution is -0.121. The summed E-state index contributed by atoms with van der Waals surface area (Å²) in [5.74, 6) is 0.671. The second kappa shape index (κ2) is 8.87. The largest absolute Gasteiger partial charge is 0.496 e. The number of hydrogen-bond donors (Lipinski definition) is 2. The number of fused-ring (bicyclic) bond motifs is 1. The molecule has 152 valence electrons. The van der Waals surface area contributed by atoms with E-state index in [4.69, 9.17) is 4.74 Å². The zero-order valence-electron chi connectivity index (χ0n) is 17.3. The number of aromatic nitrogens is 1. The lowest BCUT2D eigenvalue weighted by Gasteiger charge is -2.21. The molecule has 0 saturated carbocycles. The van der Waals surface area contributed by atoms with Gasteiger partial charge in [-0.25, -0.2) is 0 Å². The molecule has 0 bridgehead atoms. The minimum atomic E-state index is -0.125. The molecule has 4 heteroatoms. The summed E-state index contributed by atoms with van der Waals surface area (Å²) in [7, 11) is 1.67. The summed E-state index contributed by atoms with van der Waals surface area (Å²) in [6, 6.07) is 26.1. The van der Waals surface area contributed by atoms with Crippen molar-refractivity contribution in [1.82, 2.24) is 10.3 Å². The molecule has 2 N–H and O–H groups in total. The maximum atomic E-state index is 13.1. The molecule has 0 aliphatic rings. The van der Waals surface area contributed by atoms with Crippen LogP contribution in [0.4, 0.5) is 0 Å². The van der Waals surface area contributed by atoms with Gasteiger partial charge in [0.1, 0.15) is 5.75 Å². The van der Waals surface area contributed by atoms with Gasteiger partial charge in [-0.05, 0) is 30.2 Å². The SMILES string of the molecule is COc1ccccc1[C@H](CC(=O)N[C@@H](C)c1ccccc1)c1c[nH]c2ccccc12. The van der Waals surface area contributed by atoms with Gasteiger partial charge in [0.2, 0.25) is 5.91 Å². The molecule has 0 saturated heterocycles. The molecule has 4 aromatic rings. The highest BCUT2D eigenvalue weighted by Crippen LogP contribution is 2.37. The van der Waals surface area contributed by atoms with Gasteiger partial charge in [0.25, 0.3) is 0 Å². The minimum absolute atomic E-state index is 0.00698. The van der Waals surface area contributed by atoms with Crippen molar-refractivity contribution >= 4 is 16.8 Å². The van der Waals surface area contributed by atoms with Crippen LogP contribution in [-0.2, 0) is 4.79 Å². The van der Waals surface area contributed by atoms with Crippen LogP contribution in [0.25, 0.3) is 10.9 Å². The van der Waals surface area contributed by atoms with E-state index in [0.717, 1.165) is 33.3 Å². The first-order chi connectivity index (χ1) is 14.7. The Bertz CT molecular complexity index is 1130. The molecule has 0 unspecified atom stereocenters. The molecule has 0 aliphatic heterocycles. The van der Waals surface area contributed by atoms with E-state index in [-0.39, 0.29) is 17.9 Å². The van der Waals surface area contributed by atoms with E-state index in [1.54, 1.807) is 7.11 Å². The van der Waals surface area contributed by atoms with Crippen molar-refractivity contribution in [3.8, 4) is 5.75 Å². The van der Waals surface area contributed by atoms with Gasteiger partial charge in [0, 0.05) is 35.0 Å². The first-order valence-electron chi connectivity index (χ1n) is 10.2. The normalized spacial score (nSPS) is 13.0. The Kier molecular flexibility index (Phi) is 5.84. The summed E-state index contributed by atoms with van der Waals surface area (Å²) in [6.45, 7) is 2.01. The number of ether oxygens (including phenoxy) is 1. The van der Waals surface area contributed by atoms with Gasteiger partial charge in [-0.3, -0.25) is 4.79 Å². The van der Waals surface area contributed by atoms with Crippen molar-refractivity contribution in [3.05, 3.63) is 102 Å². The molecule has 2 atom stereocenters. The molecule has 4 rings (SSSR count). The van der Waals surface area contributed by atoms with Gasteiger partial charge in [0.05, 0.1) is 13.2 Å². The lowest BCUT2D eigenvalue weighted by Crippen LogP contribution is -2.28. The smallest absolute Gasteiger partial charge is 0.221 e. The van der Waals surface area contributed by atoms with Crippen molar-refractivity contribution in [2.75, 3.05) is 7.11 Å². The van der Waals surface area contributed by atoms with Gasteiger partial charge in [-0.2, -0.15) is 0 Å². The number of amides is 1. The van der Waals surface area contributed by atoms with Gasteiger partial charge in [-0.1, -0.05) is 66.7 Å². The Labute approximate surface area is 176 Å². The van der Waals surface area contributed by atoms with E-state index < -0.39 is 0 Å². The first kappa shape index (κ1) is 19.8. The fourth-order valence-electron chi connectivity index (χ4n) is 4.03. The van der Waals surface area contributed by atoms with E-state index in [1.165, 1.54) is 0 Å². The van der Waals surface area contributed by atoms with Crippen LogP contribution in [0.5, 0.6) is 5.75 Å². The number of nitrogens with one attached hydrogen (secondary N) is 2. The zero-order valence-corrected chi connectivity index (χ0v) is 17.3. The quantitative estimate of drug-likeness (QED) is 0.427. The van der Waals surface area contributed by atoms with Crippen molar-refractivity contribution in [1.29, 1.82) is 0 Å². The highest BCUT2D eigenvalue weighted by molar-refractivity contribution is 5.86. The summed E-state index contributed by atoms with van der Waals surface area (Å²) in [5, 5.41) is 4.28. The molecule has 0 spiro atoms. The second-order valence-electron chi connectivity index (χ2n) is 7.49. The molecule has 4 nitrogen and oxygen atoms in total. The highest BCUT2D eigenvalue weighted by atomic mass is 16.5. The standard InChI is InChI=1S/C26H26N2O2/c1-18(19-10-4-3-5-11-19)28-26(29)16-22(21-13-7-9-15-25(21)30-2)23-17-27-24-14-8-6-12-20(23)24/h3-15,17-18,22,27H,16H2,1-2H3,(H,28,29)/t18-,22-/m0/s1. The van der Waals surface area contributed by atoms with Crippen LogP contribution in [0.1, 0.15) is 42.0 Å². The Morgan fingerprint density at radius 2 is 1.63 bits per heavy atom. The molecule has 0 radical (unpaired) electrons. The Morgan fingerprint density at radius 3 is 2.43 bits per heavy atom. The number of benzene rings is 3. The molecular weight excluding hydrogens is 372 g/mol. The van der Waals surface area contributed by atoms with Crippen LogP contribution in [0, 0.1) is 0 Å². The molecule has 30 heavy (non-hydrogen) atoms. The van der Waals surface area contributed by atoms with Crippen molar-refractivity contribution < 1.29 is 9.53 Å². The second-order valence-corrected chi connectivity index (χ2v) is 7.49. The van der Waals surface area contributed by atoms with Crippen molar-refractivity contribution in [2.45, 2.75) is 25.3 Å². The number of carbonyl (C=O) groups is 1. The fraction of sp³-hybridized carbons (Fsp3) is 0.192. The number of H-pyrrole nitrogens is 1. The van der Waals surface area contributed by atoms with Crippen LogP contribution in [-0.4, -0.2) is 18.0 Å². The van der Waals surface area contributed by atoms with Crippen LogP contribution >= 0.6 is 0 Å². The third-order valence-corrected chi connectivity index (χ3v) is 5.58. The third-order valence-electron chi connectivity index (χ3n) is 5.58. The highest BCUT2D eigenvalue weighted by Gasteiger charge is 2.24. The van der Waals surface area contributed by atoms with Gasteiger partial charge in [0.15, 0.2) is 0 Å². The lowest BCUT2D eigenvalue weighted by atomic mass is 9.87. The number of aromatic amines is 1. The van der Waals surface area contributed by atoms with Crippen molar-refractivity contribution in [3.63, 3.8) is 0 Å². The van der Waals surface area contributed by atoms with Crippen LogP contribution in [0.3, 0.4) is 0 Å². The molecule has 1 aromatic heterocycles. The van der Waals surface area contributed by atoms with Crippen molar-refractivity contribution in [2.24, 2.45) is 0 Å². The molecule has 1 heterocycles. The molecule has 0 aliphatic carbocycles. The number of para-hydroxylation sites is 2. The molecular formula is C26H26N2O2. The average Bonchev–Trinajstić information content (AvgIpc) is 3.22. The maximum absolute atomic E-state index is 13.1. The maximum Gasteiger partial charge on any atom is 0.221 e. The predicted octanol–water partition coefficient (Wildman–Crippen LogP) is 5.58. The van der Waals surface area contributed by atoms with Gasteiger partial charge in [-0.15, -0.1) is 0 Å². The molecule has 0 fully saturated rings. The number of methoxy groups -OCH3 is 1. The summed E-state index contributed by atoms with van der Waals surface area (Å²) in [6.07, 6.45) is 2.34. The number of rotatable bonds is 7. The van der Waals surface area contributed by atoms with E-state index in [2.05, 4.69) is 22.4 Å². The number of hydrogen-bond acceptors (Lipinski definition) is 2. The Morgan fingerprint density at radius 1 is 0.933 bits per heavy atom. The average molecular weight is 399 g/mol. The zero-order chi connectivity index (χ0) is 20.9. The summed E-state index contributed by atoms with van der Waals surface area (Å²) >= 11 is 0. The fourth-order valence-corrected chi connectivity index (χ4v) is 4.03. The van der Waals surface area contributed by atoms with Crippen LogP contribution < -0.4 is 10.1 Å². The monoisotopic (exact) mass is 398 g/mol. The van der Waals surface area contributed by atoms with Crippen LogP contribution in [0.2, 0.25) is 0 Å². The summed E-state index contributed by atoms with van der Waals surface area (Å²) in [5.41, 5.74) is 4.25. The Balaban J connectivity index is 1.66. The van der Waals surface area contributed by atoms with E-state index in [9.17, 15) is 4.79 Å². The van der Waals surface area contributed by atoms with Crippen LogP contribution in [0.15, 0.2) is 85.1 Å². The topological polar surface area (TPSA) is 54.1 Å². The summed E-state index contributed by atoms with van der Waals surface area (Å²) in [4.78, 5) is 16.4. The van der Waals surface area contributed by atoms with E-state index in [0.29, 0.717) is 6.42 Å². The Hall–Kier alpha value is -3.53. The third kappa shape index (κ3) is 4.08. The number of carbonyl (C=O) groups excluding carboxylic acids is 1. The predicted molar refractivity (Wildman–Crippen MR) is 121 cm³/mol. The van der Waals surface area contributed by atoms with E-state index in [1.807, 2.05) is 79.9 Å². The minimum Gasteiger partial charge on any atom is -0.496 e. The first-order valence-corrected chi connectivity index (χ1v) is 10.2. The summed E-state index contributed by atoms with van der Waals surface area (Å²) < 4.78 is 5.63. The van der Waals surface area contributed by atoms with Gasteiger partial charge < -0.3 is 15.0 Å².